The Balaban J connectivity index is 3.54. The highest BCUT2D eigenvalue weighted by molar-refractivity contribution is 5.71. The monoisotopic (exact) mass is 328 g/mol. The molecule has 0 rings (SSSR count). The number of rotatable bonds is 15. The average Bonchev–Trinajstić information content (AvgIpc) is 2.51. The minimum atomic E-state index is -0.335. The summed E-state index contributed by atoms with van der Waals surface area (Å²) in [5, 5.41) is 0. The topological polar surface area (TPSA) is 52.6 Å². The van der Waals surface area contributed by atoms with Gasteiger partial charge in [0.05, 0.1) is 13.5 Å². The van der Waals surface area contributed by atoms with Gasteiger partial charge in [-0.15, -0.1) is 0 Å². The molecule has 0 N–H and O–H groups in total. The molecular formula is C19H36O4. The van der Waals surface area contributed by atoms with Crippen LogP contribution in [-0.2, 0) is 19.1 Å². The van der Waals surface area contributed by atoms with E-state index in [0.29, 0.717) is 0 Å². The van der Waals surface area contributed by atoms with Crippen molar-refractivity contribution in [3.8, 4) is 0 Å². The summed E-state index contributed by atoms with van der Waals surface area (Å²) in [7, 11) is 1.36. The van der Waals surface area contributed by atoms with Crippen molar-refractivity contribution in [3.05, 3.63) is 0 Å². The highest BCUT2D eigenvalue weighted by atomic mass is 16.6. The van der Waals surface area contributed by atoms with E-state index in [-0.39, 0.29) is 24.5 Å². The number of hydrogen-bond donors (Lipinski definition) is 0. The van der Waals surface area contributed by atoms with E-state index in [1.807, 2.05) is 0 Å². The number of hydrogen-bond acceptors (Lipinski definition) is 4. The lowest BCUT2D eigenvalue weighted by Crippen LogP contribution is -2.21. The fourth-order valence-electron chi connectivity index (χ4n) is 2.74. The maximum absolute atomic E-state index is 11.3. The van der Waals surface area contributed by atoms with Crippen molar-refractivity contribution in [1.82, 2.24) is 0 Å². The van der Waals surface area contributed by atoms with Crippen LogP contribution in [0.5, 0.6) is 0 Å². The van der Waals surface area contributed by atoms with E-state index < -0.39 is 0 Å². The van der Waals surface area contributed by atoms with Crippen LogP contribution in [0.2, 0.25) is 0 Å². The third-order valence-corrected chi connectivity index (χ3v) is 4.08. The Morgan fingerprint density at radius 3 is 1.74 bits per heavy atom. The first-order chi connectivity index (χ1) is 11.1. The fraction of sp³-hybridized carbons (Fsp3) is 0.895. The zero-order valence-corrected chi connectivity index (χ0v) is 15.4. The highest BCUT2D eigenvalue weighted by Gasteiger charge is 2.16. The summed E-state index contributed by atoms with van der Waals surface area (Å²) in [4.78, 5) is 22.3. The van der Waals surface area contributed by atoms with E-state index in [4.69, 9.17) is 4.74 Å². The van der Waals surface area contributed by atoms with Crippen LogP contribution in [0.3, 0.4) is 0 Å². The van der Waals surface area contributed by atoms with Crippen LogP contribution in [0.15, 0.2) is 0 Å². The van der Waals surface area contributed by atoms with Crippen molar-refractivity contribution >= 4 is 11.9 Å². The van der Waals surface area contributed by atoms with Crippen molar-refractivity contribution in [3.63, 3.8) is 0 Å². The minimum Gasteiger partial charge on any atom is -0.469 e. The van der Waals surface area contributed by atoms with Gasteiger partial charge in [0.25, 0.3) is 0 Å². The summed E-state index contributed by atoms with van der Waals surface area (Å²) in [5.74, 6) is -0.652. The summed E-state index contributed by atoms with van der Waals surface area (Å²) in [6.07, 6.45) is 14.7. The average molecular weight is 328 g/mol. The maximum Gasteiger partial charge on any atom is 0.309 e. The number of carbonyl (C=O) groups is 2. The molecule has 0 spiro atoms. The molecule has 0 aliphatic heterocycles. The molecule has 0 saturated heterocycles. The summed E-state index contributed by atoms with van der Waals surface area (Å²) >= 11 is 0. The van der Waals surface area contributed by atoms with Crippen LogP contribution in [0.4, 0.5) is 0 Å². The van der Waals surface area contributed by atoms with E-state index in [1.54, 1.807) is 0 Å². The van der Waals surface area contributed by atoms with Gasteiger partial charge >= 0.3 is 11.9 Å². The zero-order chi connectivity index (χ0) is 17.3. The van der Waals surface area contributed by atoms with Crippen molar-refractivity contribution in [1.29, 1.82) is 0 Å². The van der Waals surface area contributed by atoms with Gasteiger partial charge in [0.1, 0.15) is 6.10 Å². The molecule has 0 heterocycles. The molecule has 23 heavy (non-hydrogen) atoms. The molecule has 1 unspecified atom stereocenters. The Hall–Kier alpha value is -1.06. The molecule has 4 heteroatoms. The lowest BCUT2D eigenvalue weighted by atomic mass is 10.0. The number of ether oxygens (including phenoxy) is 2. The molecule has 0 aromatic carbocycles. The number of unbranched alkanes of at least 4 members (excludes halogenated alkanes) is 10. The van der Waals surface area contributed by atoms with Gasteiger partial charge < -0.3 is 9.47 Å². The first kappa shape index (κ1) is 21.9. The maximum atomic E-state index is 11.3. The molecule has 0 aliphatic rings. The number of methoxy groups -OCH3 is 1. The van der Waals surface area contributed by atoms with Crippen LogP contribution in [0.1, 0.15) is 97.3 Å². The van der Waals surface area contributed by atoms with E-state index in [9.17, 15) is 9.59 Å². The smallest absolute Gasteiger partial charge is 0.309 e. The summed E-state index contributed by atoms with van der Waals surface area (Å²) in [6, 6.07) is 0. The number of esters is 2. The predicted octanol–water partition coefficient (Wildman–Crippen LogP) is 5.18. The molecule has 0 radical (unpaired) electrons. The van der Waals surface area contributed by atoms with Gasteiger partial charge in [-0.05, 0) is 12.8 Å². The third-order valence-electron chi connectivity index (χ3n) is 4.08. The largest absolute Gasteiger partial charge is 0.469 e. The lowest BCUT2D eigenvalue weighted by molar-refractivity contribution is -0.152. The molecule has 136 valence electrons. The summed E-state index contributed by atoms with van der Waals surface area (Å²) in [6.45, 7) is 3.63. The van der Waals surface area contributed by atoms with Gasteiger partial charge in [-0.3, -0.25) is 9.59 Å². The predicted molar refractivity (Wildman–Crippen MR) is 93.3 cm³/mol. The second-order valence-electron chi connectivity index (χ2n) is 6.34. The first-order valence-corrected chi connectivity index (χ1v) is 9.34. The summed E-state index contributed by atoms with van der Waals surface area (Å²) in [5.41, 5.74) is 0. The van der Waals surface area contributed by atoms with Crippen molar-refractivity contribution in [2.45, 2.75) is 103 Å². The first-order valence-electron chi connectivity index (χ1n) is 9.34. The van der Waals surface area contributed by atoms with Gasteiger partial charge in [0.15, 0.2) is 0 Å². The van der Waals surface area contributed by atoms with E-state index in [1.165, 1.54) is 71.8 Å². The van der Waals surface area contributed by atoms with Crippen LogP contribution in [-0.4, -0.2) is 25.2 Å². The van der Waals surface area contributed by atoms with Crippen molar-refractivity contribution < 1.29 is 19.1 Å². The molecule has 0 aromatic heterocycles. The molecule has 4 nitrogen and oxygen atoms in total. The lowest BCUT2D eigenvalue weighted by Gasteiger charge is -2.15. The normalized spacial score (nSPS) is 12.0. The number of carbonyl (C=O) groups excluding carboxylic acids is 2. The van der Waals surface area contributed by atoms with Gasteiger partial charge in [-0.2, -0.15) is 0 Å². The molecule has 0 fully saturated rings. The molecule has 0 bridgehead atoms. The van der Waals surface area contributed by atoms with Crippen LogP contribution in [0.25, 0.3) is 0 Å². The zero-order valence-electron chi connectivity index (χ0n) is 15.4. The Kier molecular flexibility index (Phi) is 15.1. The molecule has 0 amide bonds. The Morgan fingerprint density at radius 2 is 1.30 bits per heavy atom. The van der Waals surface area contributed by atoms with Crippen LogP contribution < -0.4 is 0 Å². The van der Waals surface area contributed by atoms with Crippen molar-refractivity contribution in [2.75, 3.05) is 7.11 Å². The van der Waals surface area contributed by atoms with Gasteiger partial charge in [0.2, 0.25) is 0 Å². The van der Waals surface area contributed by atoms with E-state index in [2.05, 4.69) is 11.7 Å². The summed E-state index contributed by atoms with van der Waals surface area (Å²) < 4.78 is 9.81. The van der Waals surface area contributed by atoms with Crippen LogP contribution >= 0.6 is 0 Å². The fourth-order valence-corrected chi connectivity index (χ4v) is 2.74. The third kappa shape index (κ3) is 15.6. The van der Waals surface area contributed by atoms with Gasteiger partial charge in [-0.25, -0.2) is 0 Å². The van der Waals surface area contributed by atoms with Crippen molar-refractivity contribution in [2.24, 2.45) is 0 Å². The SMILES string of the molecule is CCCCCCCCCCCCCC(CC(=O)OC)OC(C)=O. The highest BCUT2D eigenvalue weighted by Crippen LogP contribution is 2.15. The van der Waals surface area contributed by atoms with Gasteiger partial charge in [-0.1, -0.05) is 71.1 Å². The molecule has 0 saturated carbocycles. The standard InChI is InChI=1S/C19H36O4/c1-4-5-6-7-8-9-10-11-12-13-14-15-18(23-17(2)20)16-19(21)22-3/h18H,4-16H2,1-3H3. The second kappa shape index (κ2) is 15.8. The Labute approximate surface area is 142 Å². The van der Waals surface area contributed by atoms with E-state index in [0.717, 1.165) is 19.3 Å². The Bertz CT molecular complexity index is 302. The van der Waals surface area contributed by atoms with Crippen LogP contribution in [0, 0.1) is 0 Å². The quantitative estimate of drug-likeness (QED) is 0.307. The molecular weight excluding hydrogens is 292 g/mol. The molecule has 0 aromatic rings. The van der Waals surface area contributed by atoms with Gasteiger partial charge in [0, 0.05) is 6.92 Å². The molecule has 1 atom stereocenters. The Morgan fingerprint density at radius 1 is 0.826 bits per heavy atom. The minimum absolute atomic E-state index is 0.161. The second-order valence-corrected chi connectivity index (χ2v) is 6.34. The van der Waals surface area contributed by atoms with E-state index >= 15 is 0 Å². The molecule has 0 aliphatic carbocycles.